The summed E-state index contributed by atoms with van der Waals surface area (Å²) >= 11 is 1.74. The van der Waals surface area contributed by atoms with E-state index in [2.05, 4.69) is 29.5 Å². The monoisotopic (exact) mass is 329 g/mol. The van der Waals surface area contributed by atoms with Crippen LogP contribution in [0.1, 0.15) is 39.3 Å². The number of nitrogens with one attached hydrogen (secondary N) is 2. The van der Waals surface area contributed by atoms with E-state index in [4.69, 9.17) is 0 Å². The second-order valence-corrected chi connectivity index (χ2v) is 7.20. The first-order chi connectivity index (χ1) is 10.3. The molecule has 0 fully saturated rings. The van der Waals surface area contributed by atoms with E-state index in [0.717, 1.165) is 6.07 Å². The first-order valence-electron chi connectivity index (χ1n) is 7.34. The van der Waals surface area contributed by atoms with Gasteiger partial charge in [0.2, 0.25) is 0 Å². The van der Waals surface area contributed by atoms with Crippen LogP contribution in [0.4, 0.5) is 8.78 Å². The second-order valence-electron chi connectivity index (χ2n) is 5.69. The highest BCUT2D eigenvalue weighted by molar-refractivity contribution is 7.99. The van der Waals surface area contributed by atoms with Crippen molar-refractivity contribution in [2.45, 2.75) is 38.5 Å². The third kappa shape index (κ3) is 5.83. The molecule has 1 aromatic rings. The van der Waals surface area contributed by atoms with E-state index in [9.17, 15) is 8.78 Å². The molecule has 3 nitrogen and oxygen atoms in total. The van der Waals surface area contributed by atoms with E-state index >= 15 is 0 Å². The minimum Gasteiger partial charge on any atom is -0.357 e. The zero-order chi connectivity index (χ0) is 16.8. The molecule has 1 atom stereocenters. The van der Waals surface area contributed by atoms with E-state index in [1.165, 1.54) is 12.1 Å². The van der Waals surface area contributed by atoms with E-state index < -0.39 is 11.6 Å². The number of thioether (sulfide) groups is 1. The molecule has 2 N–H and O–H groups in total. The zero-order valence-corrected chi connectivity index (χ0v) is 14.7. The first-order valence-corrected chi connectivity index (χ1v) is 8.56. The lowest BCUT2D eigenvalue weighted by Crippen LogP contribution is -2.40. The standard InChI is InChI=1S/C16H25F2N3S/c1-6-19-15(20-10-16(3,4)22-5)21-11(2)13-8-7-12(17)9-14(13)18/h7-9,11H,6,10H2,1-5H3,(H2,19,20,21). The third-order valence-corrected chi connectivity index (χ3v) is 4.53. The number of guanidine groups is 1. The quantitative estimate of drug-likeness (QED) is 0.617. The Bertz CT molecular complexity index is 518. The van der Waals surface area contributed by atoms with Gasteiger partial charge in [0.05, 0.1) is 12.6 Å². The predicted octanol–water partition coefficient (Wildman–Crippen LogP) is 3.72. The predicted molar refractivity (Wildman–Crippen MR) is 91.5 cm³/mol. The molecule has 124 valence electrons. The molecule has 0 saturated carbocycles. The molecule has 22 heavy (non-hydrogen) atoms. The van der Waals surface area contributed by atoms with Crippen LogP contribution in [0.2, 0.25) is 0 Å². The summed E-state index contributed by atoms with van der Waals surface area (Å²) in [6.45, 7) is 9.39. The van der Waals surface area contributed by atoms with Gasteiger partial charge in [-0.25, -0.2) is 8.78 Å². The van der Waals surface area contributed by atoms with Crippen LogP contribution in [0, 0.1) is 11.6 Å². The lowest BCUT2D eigenvalue weighted by atomic mass is 10.1. The maximum Gasteiger partial charge on any atom is 0.191 e. The number of halogens is 2. The van der Waals surface area contributed by atoms with Crippen LogP contribution in [0.25, 0.3) is 0 Å². The maximum atomic E-state index is 13.8. The summed E-state index contributed by atoms with van der Waals surface area (Å²) in [5.74, 6) is -0.503. The van der Waals surface area contributed by atoms with Crippen LogP contribution in [0.5, 0.6) is 0 Å². The summed E-state index contributed by atoms with van der Waals surface area (Å²) in [4.78, 5) is 4.55. The Morgan fingerprint density at radius 1 is 1.36 bits per heavy atom. The lowest BCUT2D eigenvalue weighted by molar-refractivity contribution is 0.550. The molecule has 0 aromatic heterocycles. The minimum atomic E-state index is -0.573. The molecule has 0 spiro atoms. The van der Waals surface area contributed by atoms with Gasteiger partial charge in [0.25, 0.3) is 0 Å². The normalized spacial score (nSPS) is 13.9. The van der Waals surface area contributed by atoms with Crippen molar-refractivity contribution in [3.8, 4) is 0 Å². The summed E-state index contributed by atoms with van der Waals surface area (Å²) in [5, 5.41) is 6.30. The summed E-state index contributed by atoms with van der Waals surface area (Å²) in [6.07, 6.45) is 2.05. The summed E-state index contributed by atoms with van der Waals surface area (Å²) < 4.78 is 26.8. The Kier molecular flexibility index (Phi) is 7.13. The fourth-order valence-corrected chi connectivity index (χ4v) is 1.98. The van der Waals surface area contributed by atoms with Gasteiger partial charge in [-0.2, -0.15) is 11.8 Å². The van der Waals surface area contributed by atoms with Gasteiger partial charge in [0, 0.05) is 22.9 Å². The molecule has 0 saturated heterocycles. The molecule has 0 aliphatic carbocycles. The Morgan fingerprint density at radius 3 is 2.59 bits per heavy atom. The number of hydrogen-bond donors (Lipinski definition) is 2. The van der Waals surface area contributed by atoms with Crippen molar-refractivity contribution in [1.29, 1.82) is 0 Å². The molecule has 0 heterocycles. The van der Waals surface area contributed by atoms with Crippen LogP contribution in [-0.4, -0.2) is 30.1 Å². The molecule has 0 bridgehead atoms. The van der Waals surface area contributed by atoms with E-state index in [1.54, 1.807) is 11.8 Å². The highest BCUT2D eigenvalue weighted by atomic mass is 32.2. The molecular formula is C16H25F2N3S. The molecule has 6 heteroatoms. The van der Waals surface area contributed by atoms with Gasteiger partial charge in [-0.1, -0.05) is 6.07 Å². The van der Waals surface area contributed by atoms with Gasteiger partial charge in [-0.15, -0.1) is 0 Å². The third-order valence-electron chi connectivity index (χ3n) is 3.30. The van der Waals surface area contributed by atoms with Gasteiger partial charge in [-0.05, 0) is 40.0 Å². The van der Waals surface area contributed by atoms with Crippen LogP contribution in [0.3, 0.4) is 0 Å². The highest BCUT2D eigenvalue weighted by Crippen LogP contribution is 2.21. The SMILES string of the molecule is CCNC(=NCC(C)(C)SC)NC(C)c1ccc(F)cc1F. The van der Waals surface area contributed by atoms with Crippen molar-refractivity contribution >= 4 is 17.7 Å². The van der Waals surface area contributed by atoms with E-state index in [0.29, 0.717) is 24.6 Å². The number of nitrogens with zero attached hydrogens (tertiary/aromatic N) is 1. The molecule has 1 rings (SSSR count). The molecule has 1 unspecified atom stereocenters. The molecular weight excluding hydrogens is 304 g/mol. The lowest BCUT2D eigenvalue weighted by Gasteiger charge is -2.22. The molecule has 0 aliphatic heterocycles. The van der Waals surface area contributed by atoms with Crippen LogP contribution >= 0.6 is 11.8 Å². The average Bonchev–Trinajstić information content (AvgIpc) is 2.45. The molecule has 0 amide bonds. The van der Waals surface area contributed by atoms with Crippen LogP contribution in [-0.2, 0) is 0 Å². The van der Waals surface area contributed by atoms with Gasteiger partial charge in [0.1, 0.15) is 11.6 Å². The summed E-state index contributed by atoms with van der Waals surface area (Å²) in [7, 11) is 0. The fraction of sp³-hybridized carbons (Fsp3) is 0.562. The van der Waals surface area contributed by atoms with Crippen molar-refractivity contribution in [2.24, 2.45) is 4.99 Å². The largest absolute Gasteiger partial charge is 0.357 e. The molecule has 0 radical (unpaired) electrons. The number of rotatable bonds is 6. The van der Waals surface area contributed by atoms with Crippen LogP contribution < -0.4 is 10.6 Å². The maximum absolute atomic E-state index is 13.8. The van der Waals surface area contributed by atoms with Gasteiger partial charge in [-0.3, -0.25) is 4.99 Å². The first kappa shape index (κ1) is 18.7. The van der Waals surface area contributed by atoms with Crippen molar-refractivity contribution in [1.82, 2.24) is 10.6 Å². The van der Waals surface area contributed by atoms with E-state index in [-0.39, 0.29) is 10.8 Å². The second kappa shape index (κ2) is 8.36. The number of hydrogen-bond acceptors (Lipinski definition) is 2. The van der Waals surface area contributed by atoms with Gasteiger partial charge >= 0.3 is 0 Å². The van der Waals surface area contributed by atoms with E-state index in [1.807, 2.05) is 20.1 Å². The Balaban J connectivity index is 2.83. The Labute approximate surface area is 136 Å². The van der Waals surface area contributed by atoms with Crippen molar-refractivity contribution < 1.29 is 8.78 Å². The zero-order valence-electron chi connectivity index (χ0n) is 13.8. The number of aliphatic imine (C=N–C) groups is 1. The molecule has 1 aromatic carbocycles. The summed E-state index contributed by atoms with van der Waals surface area (Å²) in [5.41, 5.74) is 0.413. The Morgan fingerprint density at radius 2 is 2.05 bits per heavy atom. The average molecular weight is 329 g/mol. The van der Waals surface area contributed by atoms with Gasteiger partial charge < -0.3 is 10.6 Å². The van der Waals surface area contributed by atoms with Crippen molar-refractivity contribution in [2.75, 3.05) is 19.3 Å². The van der Waals surface area contributed by atoms with Crippen LogP contribution in [0.15, 0.2) is 23.2 Å². The Hall–Kier alpha value is -1.30. The molecule has 0 aliphatic rings. The topological polar surface area (TPSA) is 36.4 Å². The smallest absolute Gasteiger partial charge is 0.191 e. The fourth-order valence-electron chi connectivity index (χ4n) is 1.79. The van der Waals surface area contributed by atoms with Crippen molar-refractivity contribution in [3.63, 3.8) is 0 Å². The highest BCUT2D eigenvalue weighted by Gasteiger charge is 2.17. The van der Waals surface area contributed by atoms with Gasteiger partial charge in [0.15, 0.2) is 5.96 Å². The number of benzene rings is 1. The van der Waals surface area contributed by atoms with Crippen molar-refractivity contribution in [3.05, 3.63) is 35.4 Å². The minimum absolute atomic E-state index is 0.0344. The summed E-state index contributed by atoms with van der Waals surface area (Å²) in [6, 6.07) is 3.31.